The smallest absolute Gasteiger partial charge is 0.266 e. The van der Waals surface area contributed by atoms with E-state index in [4.69, 9.17) is 4.74 Å². The molecule has 0 saturated heterocycles. The van der Waals surface area contributed by atoms with Gasteiger partial charge in [0.25, 0.3) is 5.56 Å². The Labute approximate surface area is 154 Å². The molecule has 0 amide bonds. The summed E-state index contributed by atoms with van der Waals surface area (Å²) in [5, 5.41) is 0.527. The van der Waals surface area contributed by atoms with Crippen LogP contribution in [0.1, 0.15) is 6.92 Å². The minimum absolute atomic E-state index is 0.146. The second-order valence-electron chi connectivity index (χ2n) is 6.18. The molecule has 3 heterocycles. The molecule has 0 aliphatic heterocycles. The molecular weight excluding hydrogens is 340 g/mol. The van der Waals surface area contributed by atoms with Crippen LogP contribution in [0, 0.1) is 0 Å². The third-order valence-electron chi connectivity index (χ3n) is 4.62. The molecule has 0 saturated carbocycles. The molecule has 0 aliphatic rings. The second kappa shape index (κ2) is 5.95. The maximum atomic E-state index is 13.2. The molecule has 132 valence electrons. The van der Waals surface area contributed by atoms with Crippen LogP contribution in [-0.2, 0) is 0 Å². The highest BCUT2D eigenvalue weighted by Gasteiger charge is 2.13. The molecule has 0 unspecified atom stereocenters. The van der Waals surface area contributed by atoms with Gasteiger partial charge in [0.2, 0.25) is 5.78 Å². The van der Waals surface area contributed by atoms with E-state index in [1.54, 1.807) is 17.0 Å². The van der Waals surface area contributed by atoms with Crippen LogP contribution < -0.4 is 10.3 Å². The fourth-order valence-corrected chi connectivity index (χ4v) is 3.44. The minimum atomic E-state index is -0.146. The average molecular weight is 356 g/mol. The summed E-state index contributed by atoms with van der Waals surface area (Å²) in [6.45, 7) is 2.45. The molecule has 5 rings (SSSR count). The standard InChI is InChI=1S/C21H16N4O2/c1-2-27-19-10-6-5-9-18(19)24-12-11-16-14(20(24)26)13-22-21-23-15-7-3-4-8-17(15)25(16)21/h3-13H,2H2,1H3. The Morgan fingerprint density at radius 3 is 2.70 bits per heavy atom. The van der Waals surface area contributed by atoms with Crippen LogP contribution >= 0.6 is 0 Å². The zero-order valence-corrected chi connectivity index (χ0v) is 14.7. The van der Waals surface area contributed by atoms with Crippen LogP contribution in [0.25, 0.3) is 33.4 Å². The Balaban J connectivity index is 1.84. The molecule has 2 aromatic carbocycles. The van der Waals surface area contributed by atoms with Gasteiger partial charge in [0.05, 0.1) is 34.2 Å². The van der Waals surface area contributed by atoms with Gasteiger partial charge in [-0.05, 0) is 37.3 Å². The highest BCUT2D eigenvalue weighted by molar-refractivity contribution is 5.88. The summed E-state index contributed by atoms with van der Waals surface area (Å²) in [7, 11) is 0. The van der Waals surface area contributed by atoms with Crippen molar-refractivity contribution in [1.29, 1.82) is 0 Å². The summed E-state index contributed by atoms with van der Waals surface area (Å²) in [6, 6.07) is 17.2. The van der Waals surface area contributed by atoms with Gasteiger partial charge >= 0.3 is 0 Å². The fourth-order valence-electron chi connectivity index (χ4n) is 3.44. The first-order valence-corrected chi connectivity index (χ1v) is 8.77. The Kier molecular flexibility index (Phi) is 3.43. The number of ether oxygens (including phenoxy) is 1. The third-order valence-corrected chi connectivity index (χ3v) is 4.62. The number of benzene rings is 2. The molecule has 0 radical (unpaired) electrons. The maximum absolute atomic E-state index is 13.2. The van der Waals surface area contributed by atoms with Gasteiger partial charge in [0.15, 0.2) is 0 Å². The summed E-state index contributed by atoms with van der Waals surface area (Å²) in [6.07, 6.45) is 3.37. The van der Waals surface area contributed by atoms with E-state index >= 15 is 0 Å². The number of nitrogens with zero attached hydrogens (tertiary/aromatic N) is 4. The van der Waals surface area contributed by atoms with Gasteiger partial charge in [0.1, 0.15) is 5.75 Å². The van der Waals surface area contributed by atoms with Crippen molar-refractivity contribution in [1.82, 2.24) is 18.9 Å². The summed E-state index contributed by atoms with van der Waals surface area (Å²) in [4.78, 5) is 22.2. The molecule has 5 aromatic rings. The largest absolute Gasteiger partial charge is 0.492 e. The van der Waals surface area contributed by atoms with Crippen molar-refractivity contribution >= 4 is 27.7 Å². The van der Waals surface area contributed by atoms with Gasteiger partial charge in [-0.1, -0.05) is 24.3 Å². The van der Waals surface area contributed by atoms with E-state index in [2.05, 4.69) is 9.97 Å². The molecular formula is C21H16N4O2. The highest BCUT2D eigenvalue weighted by Crippen LogP contribution is 2.24. The van der Waals surface area contributed by atoms with Crippen LogP contribution in [0.5, 0.6) is 5.75 Å². The van der Waals surface area contributed by atoms with E-state index in [9.17, 15) is 4.79 Å². The summed E-state index contributed by atoms with van der Waals surface area (Å²) in [5.41, 5.74) is 3.12. The molecule has 3 aromatic heterocycles. The van der Waals surface area contributed by atoms with Crippen LogP contribution in [0.15, 0.2) is 71.8 Å². The average Bonchev–Trinajstić information content (AvgIpc) is 3.08. The molecule has 0 N–H and O–H groups in total. The van der Waals surface area contributed by atoms with Crippen molar-refractivity contribution < 1.29 is 4.74 Å². The van der Waals surface area contributed by atoms with Crippen LogP contribution in [0.4, 0.5) is 0 Å². The van der Waals surface area contributed by atoms with Crippen molar-refractivity contribution in [3.05, 3.63) is 77.3 Å². The monoisotopic (exact) mass is 356 g/mol. The molecule has 0 bridgehead atoms. The lowest BCUT2D eigenvalue weighted by atomic mass is 10.2. The Bertz CT molecular complexity index is 1370. The fraction of sp³-hybridized carbons (Fsp3) is 0.0952. The van der Waals surface area contributed by atoms with E-state index in [1.165, 1.54) is 0 Å². The number of pyridine rings is 1. The van der Waals surface area contributed by atoms with Crippen molar-refractivity contribution in [2.45, 2.75) is 6.92 Å². The first-order chi connectivity index (χ1) is 13.3. The predicted molar refractivity (Wildman–Crippen MR) is 105 cm³/mol. The molecule has 0 atom stereocenters. The lowest BCUT2D eigenvalue weighted by Crippen LogP contribution is -2.19. The quantitative estimate of drug-likeness (QED) is 0.496. The molecule has 6 heteroatoms. The molecule has 27 heavy (non-hydrogen) atoms. The van der Waals surface area contributed by atoms with Crippen molar-refractivity contribution in [2.75, 3.05) is 6.61 Å². The van der Waals surface area contributed by atoms with Gasteiger partial charge in [-0.3, -0.25) is 13.8 Å². The zero-order valence-electron chi connectivity index (χ0n) is 14.7. The number of aromatic nitrogens is 4. The number of rotatable bonds is 3. The zero-order chi connectivity index (χ0) is 18.4. The number of para-hydroxylation sites is 4. The topological polar surface area (TPSA) is 61.4 Å². The summed E-state index contributed by atoms with van der Waals surface area (Å²) < 4.78 is 9.20. The van der Waals surface area contributed by atoms with Crippen molar-refractivity contribution in [2.24, 2.45) is 0 Å². The molecule has 0 spiro atoms. The number of hydrogen-bond acceptors (Lipinski definition) is 4. The number of fused-ring (bicyclic) bond motifs is 5. The van der Waals surface area contributed by atoms with Crippen LogP contribution in [-0.4, -0.2) is 25.5 Å². The van der Waals surface area contributed by atoms with E-state index in [1.807, 2.05) is 65.9 Å². The summed E-state index contributed by atoms with van der Waals surface area (Å²) in [5.74, 6) is 1.25. The van der Waals surface area contributed by atoms with Gasteiger partial charge < -0.3 is 4.74 Å². The normalized spacial score (nSPS) is 11.4. The SMILES string of the molecule is CCOc1ccccc1-n1ccc2c(cnc3nc4ccccc4n32)c1=O. The Hall–Kier alpha value is -3.67. The number of hydrogen-bond donors (Lipinski definition) is 0. The van der Waals surface area contributed by atoms with E-state index in [-0.39, 0.29) is 5.56 Å². The first kappa shape index (κ1) is 15.6. The minimum Gasteiger partial charge on any atom is -0.492 e. The first-order valence-electron chi connectivity index (χ1n) is 8.77. The van der Waals surface area contributed by atoms with Gasteiger partial charge in [0, 0.05) is 12.4 Å². The lowest BCUT2D eigenvalue weighted by Gasteiger charge is -2.13. The van der Waals surface area contributed by atoms with E-state index in [0.717, 1.165) is 16.6 Å². The molecule has 0 fully saturated rings. The maximum Gasteiger partial charge on any atom is 0.266 e. The molecule has 0 aliphatic carbocycles. The van der Waals surface area contributed by atoms with Gasteiger partial charge in [-0.15, -0.1) is 0 Å². The van der Waals surface area contributed by atoms with E-state index < -0.39 is 0 Å². The predicted octanol–water partition coefficient (Wildman–Crippen LogP) is 3.59. The highest BCUT2D eigenvalue weighted by atomic mass is 16.5. The third kappa shape index (κ3) is 2.30. The van der Waals surface area contributed by atoms with Gasteiger partial charge in [-0.25, -0.2) is 9.97 Å². The second-order valence-corrected chi connectivity index (χ2v) is 6.18. The Morgan fingerprint density at radius 1 is 1.00 bits per heavy atom. The van der Waals surface area contributed by atoms with E-state index in [0.29, 0.717) is 29.2 Å². The van der Waals surface area contributed by atoms with Crippen molar-refractivity contribution in [3.8, 4) is 11.4 Å². The Morgan fingerprint density at radius 2 is 1.81 bits per heavy atom. The van der Waals surface area contributed by atoms with Crippen LogP contribution in [0.3, 0.4) is 0 Å². The van der Waals surface area contributed by atoms with Crippen LogP contribution in [0.2, 0.25) is 0 Å². The number of imidazole rings is 1. The lowest BCUT2D eigenvalue weighted by molar-refractivity contribution is 0.339. The van der Waals surface area contributed by atoms with Crippen molar-refractivity contribution in [3.63, 3.8) is 0 Å². The molecule has 6 nitrogen and oxygen atoms in total. The van der Waals surface area contributed by atoms with Gasteiger partial charge in [-0.2, -0.15) is 0 Å². The summed E-state index contributed by atoms with van der Waals surface area (Å²) >= 11 is 0.